The predicted octanol–water partition coefficient (Wildman–Crippen LogP) is 0.399. The molecule has 0 aromatic heterocycles. The number of hydrogen-bond acceptors (Lipinski definition) is 2. The number of carboxylic acids is 1. The van der Waals surface area contributed by atoms with Gasteiger partial charge >= 0.3 is 5.97 Å². The van der Waals surface area contributed by atoms with Crippen LogP contribution in [-0.4, -0.2) is 23.5 Å². The Morgan fingerprint density at radius 2 is 2.25 bits per heavy atom. The Hall–Kier alpha value is -1.32. The molecule has 12 heavy (non-hydrogen) atoms. The van der Waals surface area contributed by atoms with E-state index in [1.54, 1.807) is 6.92 Å². The molecule has 0 rings (SSSR count). The summed E-state index contributed by atoms with van der Waals surface area (Å²) in [6.45, 7) is 5.24. The molecular formula is C8H13NO3. The Morgan fingerprint density at radius 1 is 1.67 bits per heavy atom. The van der Waals surface area contributed by atoms with Crippen molar-refractivity contribution >= 4 is 11.9 Å². The maximum absolute atomic E-state index is 10.6. The lowest BCUT2D eigenvalue weighted by atomic mass is 10.1. The first kappa shape index (κ1) is 10.7. The van der Waals surface area contributed by atoms with E-state index in [1.165, 1.54) is 0 Å². The van der Waals surface area contributed by atoms with Gasteiger partial charge < -0.3 is 10.4 Å². The molecule has 0 aromatic rings. The molecule has 0 bridgehead atoms. The van der Waals surface area contributed by atoms with Gasteiger partial charge in [0.05, 0.1) is 5.92 Å². The average Bonchev–Trinajstić information content (AvgIpc) is 2.03. The minimum atomic E-state index is -0.845. The summed E-state index contributed by atoms with van der Waals surface area (Å²) in [6, 6.07) is 0. The molecule has 4 nitrogen and oxygen atoms in total. The third-order valence-electron chi connectivity index (χ3n) is 1.48. The standard InChI is InChI=1S/C8H13NO3/c1-3-7(10)9-5-4-6(2)8(11)12/h3,6H,1,4-5H2,2H3,(H,9,10)(H,11,12). The zero-order valence-electron chi connectivity index (χ0n) is 7.04. The molecular weight excluding hydrogens is 158 g/mol. The fraction of sp³-hybridized carbons (Fsp3) is 0.500. The summed E-state index contributed by atoms with van der Waals surface area (Å²) in [7, 11) is 0. The van der Waals surface area contributed by atoms with Gasteiger partial charge in [-0.1, -0.05) is 13.5 Å². The molecule has 0 spiro atoms. The van der Waals surface area contributed by atoms with Gasteiger partial charge in [0.25, 0.3) is 0 Å². The lowest BCUT2D eigenvalue weighted by Crippen LogP contribution is -2.25. The Balaban J connectivity index is 3.49. The van der Waals surface area contributed by atoms with Crippen LogP contribution in [0.4, 0.5) is 0 Å². The zero-order valence-corrected chi connectivity index (χ0v) is 7.04. The highest BCUT2D eigenvalue weighted by Crippen LogP contribution is 1.99. The van der Waals surface area contributed by atoms with E-state index >= 15 is 0 Å². The molecule has 1 atom stereocenters. The largest absolute Gasteiger partial charge is 0.481 e. The average molecular weight is 171 g/mol. The van der Waals surface area contributed by atoms with E-state index in [4.69, 9.17) is 5.11 Å². The van der Waals surface area contributed by atoms with Crippen molar-refractivity contribution in [1.29, 1.82) is 0 Å². The van der Waals surface area contributed by atoms with Crippen LogP contribution in [0.5, 0.6) is 0 Å². The van der Waals surface area contributed by atoms with E-state index in [0.29, 0.717) is 13.0 Å². The highest BCUT2D eigenvalue weighted by atomic mass is 16.4. The van der Waals surface area contributed by atoms with Gasteiger partial charge in [0.2, 0.25) is 5.91 Å². The van der Waals surface area contributed by atoms with Gasteiger partial charge in [-0.25, -0.2) is 0 Å². The van der Waals surface area contributed by atoms with Crippen LogP contribution in [0, 0.1) is 5.92 Å². The number of carboxylic acid groups (broad SMARTS) is 1. The van der Waals surface area contributed by atoms with Gasteiger partial charge in [0.15, 0.2) is 0 Å². The summed E-state index contributed by atoms with van der Waals surface area (Å²) in [5, 5.41) is 11.0. The van der Waals surface area contributed by atoms with Gasteiger partial charge in [-0.3, -0.25) is 9.59 Å². The molecule has 0 heterocycles. The number of amides is 1. The maximum atomic E-state index is 10.6. The summed E-state index contributed by atoms with van der Waals surface area (Å²) < 4.78 is 0. The molecule has 1 unspecified atom stereocenters. The van der Waals surface area contributed by atoms with Crippen molar-refractivity contribution in [2.24, 2.45) is 5.92 Å². The van der Waals surface area contributed by atoms with Gasteiger partial charge in [0, 0.05) is 6.54 Å². The number of hydrogen-bond donors (Lipinski definition) is 2. The monoisotopic (exact) mass is 171 g/mol. The zero-order chi connectivity index (χ0) is 9.56. The van der Waals surface area contributed by atoms with E-state index < -0.39 is 11.9 Å². The smallest absolute Gasteiger partial charge is 0.306 e. The molecule has 0 saturated carbocycles. The molecule has 0 saturated heterocycles. The summed E-state index contributed by atoms with van der Waals surface area (Å²) in [5.74, 6) is -1.54. The topological polar surface area (TPSA) is 66.4 Å². The Labute approximate surface area is 71.3 Å². The van der Waals surface area contributed by atoms with Crippen LogP contribution in [0.2, 0.25) is 0 Å². The fourth-order valence-corrected chi connectivity index (χ4v) is 0.608. The highest BCUT2D eigenvalue weighted by molar-refractivity contribution is 5.86. The molecule has 0 aromatic carbocycles. The molecule has 4 heteroatoms. The predicted molar refractivity (Wildman–Crippen MR) is 44.6 cm³/mol. The van der Waals surface area contributed by atoms with Crippen LogP contribution in [0.3, 0.4) is 0 Å². The fourth-order valence-electron chi connectivity index (χ4n) is 0.608. The second-order valence-corrected chi connectivity index (χ2v) is 2.52. The van der Waals surface area contributed by atoms with E-state index in [0.717, 1.165) is 6.08 Å². The van der Waals surface area contributed by atoms with Crippen molar-refractivity contribution in [3.63, 3.8) is 0 Å². The van der Waals surface area contributed by atoms with E-state index in [2.05, 4.69) is 11.9 Å². The molecule has 0 radical (unpaired) electrons. The Bertz CT molecular complexity index is 189. The molecule has 0 aliphatic heterocycles. The second-order valence-electron chi connectivity index (χ2n) is 2.52. The number of nitrogens with one attached hydrogen (secondary N) is 1. The molecule has 0 aliphatic rings. The molecule has 2 N–H and O–H groups in total. The van der Waals surface area contributed by atoms with Crippen molar-refractivity contribution in [3.05, 3.63) is 12.7 Å². The van der Waals surface area contributed by atoms with Crippen LogP contribution in [-0.2, 0) is 9.59 Å². The second kappa shape index (κ2) is 5.35. The summed E-state index contributed by atoms with van der Waals surface area (Å²) in [5.41, 5.74) is 0. The minimum absolute atomic E-state index is 0.271. The third kappa shape index (κ3) is 4.49. The lowest BCUT2D eigenvalue weighted by molar-refractivity contribution is -0.141. The third-order valence-corrected chi connectivity index (χ3v) is 1.48. The Kier molecular flexibility index (Phi) is 4.76. The van der Waals surface area contributed by atoms with Gasteiger partial charge in [-0.05, 0) is 12.5 Å². The number of aliphatic carboxylic acids is 1. The van der Waals surface area contributed by atoms with Crippen LogP contribution < -0.4 is 5.32 Å². The van der Waals surface area contributed by atoms with Crippen molar-refractivity contribution in [1.82, 2.24) is 5.32 Å². The quantitative estimate of drug-likeness (QED) is 0.588. The van der Waals surface area contributed by atoms with E-state index in [-0.39, 0.29) is 5.91 Å². The van der Waals surface area contributed by atoms with Crippen molar-refractivity contribution < 1.29 is 14.7 Å². The van der Waals surface area contributed by atoms with Crippen LogP contribution in [0.25, 0.3) is 0 Å². The van der Waals surface area contributed by atoms with E-state index in [1.807, 2.05) is 0 Å². The highest BCUT2D eigenvalue weighted by Gasteiger charge is 2.09. The summed E-state index contributed by atoms with van der Waals surface area (Å²) in [6.07, 6.45) is 1.60. The first-order valence-electron chi connectivity index (χ1n) is 3.71. The number of carbonyl (C=O) groups excluding carboxylic acids is 1. The van der Waals surface area contributed by atoms with Crippen molar-refractivity contribution in [2.45, 2.75) is 13.3 Å². The van der Waals surface area contributed by atoms with Crippen LogP contribution in [0.15, 0.2) is 12.7 Å². The summed E-state index contributed by atoms with van der Waals surface area (Å²) >= 11 is 0. The Morgan fingerprint density at radius 3 is 2.67 bits per heavy atom. The molecule has 1 amide bonds. The van der Waals surface area contributed by atoms with Gasteiger partial charge in [0.1, 0.15) is 0 Å². The van der Waals surface area contributed by atoms with Crippen LogP contribution >= 0.6 is 0 Å². The first-order valence-corrected chi connectivity index (χ1v) is 3.71. The van der Waals surface area contributed by atoms with Crippen molar-refractivity contribution in [3.8, 4) is 0 Å². The SMILES string of the molecule is C=CC(=O)NCCC(C)C(=O)O. The van der Waals surface area contributed by atoms with Crippen molar-refractivity contribution in [2.75, 3.05) is 6.54 Å². The normalized spacial score (nSPS) is 11.8. The lowest BCUT2D eigenvalue weighted by Gasteiger charge is -2.05. The van der Waals surface area contributed by atoms with Gasteiger partial charge in [-0.2, -0.15) is 0 Å². The molecule has 0 aliphatic carbocycles. The maximum Gasteiger partial charge on any atom is 0.306 e. The summed E-state index contributed by atoms with van der Waals surface area (Å²) in [4.78, 5) is 20.9. The minimum Gasteiger partial charge on any atom is -0.481 e. The van der Waals surface area contributed by atoms with Gasteiger partial charge in [-0.15, -0.1) is 0 Å². The molecule has 68 valence electrons. The van der Waals surface area contributed by atoms with E-state index in [9.17, 15) is 9.59 Å². The van der Waals surface area contributed by atoms with Crippen LogP contribution in [0.1, 0.15) is 13.3 Å². The first-order chi connectivity index (χ1) is 5.57. The number of rotatable bonds is 5. The molecule has 0 fully saturated rings. The number of carbonyl (C=O) groups is 2.